The lowest BCUT2D eigenvalue weighted by Gasteiger charge is -2.13. The van der Waals surface area contributed by atoms with E-state index in [0.717, 1.165) is 9.99 Å². The Morgan fingerprint density at radius 1 is 1.18 bits per heavy atom. The highest BCUT2D eigenvalue weighted by molar-refractivity contribution is 7.89. The summed E-state index contributed by atoms with van der Waals surface area (Å²) in [6.45, 7) is -0.0212. The molecule has 3 aromatic rings. The Kier molecular flexibility index (Phi) is 5.83. The van der Waals surface area contributed by atoms with Gasteiger partial charge in [-0.2, -0.15) is 5.10 Å². The molecule has 0 aliphatic heterocycles. The second-order valence-corrected chi connectivity index (χ2v) is 8.69. The van der Waals surface area contributed by atoms with Crippen molar-refractivity contribution in [3.05, 3.63) is 77.1 Å². The number of nitrogens with zero attached hydrogens (tertiary/aromatic N) is 3. The van der Waals surface area contributed by atoms with Gasteiger partial charge in [-0.3, -0.25) is 0 Å². The van der Waals surface area contributed by atoms with Gasteiger partial charge in [0, 0.05) is 25.9 Å². The first kappa shape index (κ1) is 20.1. The number of hydrogen-bond acceptors (Lipinski definition) is 5. The number of hydrogen-bond donors (Lipinski definition) is 0. The Morgan fingerprint density at radius 2 is 1.89 bits per heavy atom. The molecule has 0 saturated carbocycles. The van der Waals surface area contributed by atoms with Gasteiger partial charge in [0.15, 0.2) is 0 Å². The molecule has 0 saturated heterocycles. The minimum absolute atomic E-state index is 0.0138. The van der Waals surface area contributed by atoms with Gasteiger partial charge in [0.25, 0.3) is 0 Å². The van der Waals surface area contributed by atoms with Gasteiger partial charge < -0.3 is 4.74 Å². The van der Waals surface area contributed by atoms with E-state index in [0.29, 0.717) is 5.56 Å². The summed E-state index contributed by atoms with van der Waals surface area (Å²) in [4.78, 5) is 12.4. The van der Waals surface area contributed by atoms with Gasteiger partial charge in [0.2, 0.25) is 10.0 Å². The minimum Gasteiger partial charge on any atom is -0.457 e. The average molecular weight is 420 g/mol. The van der Waals surface area contributed by atoms with Crippen LogP contribution in [-0.2, 0) is 21.4 Å². The first-order valence-corrected chi connectivity index (χ1v) is 10.1. The van der Waals surface area contributed by atoms with Gasteiger partial charge in [-0.1, -0.05) is 29.8 Å². The normalized spacial score (nSPS) is 11.6. The van der Waals surface area contributed by atoms with Gasteiger partial charge in [-0.05, 0) is 30.3 Å². The van der Waals surface area contributed by atoms with Crippen molar-refractivity contribution in [1.29, 1.82) is 0 Å². The molecular formula is C19H18ClN3O4S. The quantitative estimate of drug-likeness (QED) is 0.573. The van der Waals surface area contributed by atoms with E-state index < -0.39 is 16.0 Å². The zero-order valence-corrected chi connectivity index (χ0v) is 16.8. The Hall–Kier alpha value is -2.68. The molecule has 9 heteroatoms. The highest BCUT2D eigenvalue weighted by Crippen LogP contribution is 2.23. The van der Waals surface area contributed by atoms with Crippen molar-refractivity contribution in [2.24, 2.45) is 0 Å². The van der Waals surface area contributed by atoms with Crippen molar-refractivity contribution in [2.45, 2.75) is 11.5 Å². The lowest BCUT2D eigenvalue weighted by atomic mass is 10.2. The summed E-state index contributed by atoms with van der Waals surface area (Å²) in [5, 5.41) is 4.35. The van der Waals surface area contributed by atoms with Crippen LogP contribution in [0.1, 0.15) is 15.9 Å². The number of carbonyl (C=O) groups is 1. The monoisotopic (exact) mass is 419 g/mol. The van der Waals surface area contributed by atoms with Gasteiger partial charge in [0.1, 0.15) is 6.61 Å². The molecule has 0 unspecified atom stereocenters. The fourth-order valence-corrected chi connectivity index (χ4v) is 3.54. The molecule has 28 heavy (non-hydrogen) atoms. The SMILES string of the molecule is CN(C)S(=O)(=O)c1ccc(Cl)c(C(=O)OCc2cnn(-c3ccccc3)c2)c1. The number of aromatic nitrogens is 2. The Morgan fingerprint density at radius 3 is 2.57 bits per heavy atom. The fourth-order valence-electron chi connectivity index (χ4n) is 2.42. The molecule has 0 aliphatic carbocycles. The Balaban J connectivity index is 1.75. The summed E-state index contributed by atoms with van der Waals surface area (Å²) in [5.41, 5.74) is 1.55. The number of rotatable bonds is 6. The van der Waals surface area contributed by atoms with Gasteiger partial charge in [0.05, 0.1) is 27.4 Å². The van der Waals surface area contributed by atoms with E-state index in [1.165, 1.54) is 32.3 Å². The van der Waals surface area contributed by atoms with Crippen LogP contribution in [0, 0.1) is 0 Å². The third-order valence-electron chi connectivity index (χ3n) is 3.96. The molecule has 7 nitrogen and oxygen atoms in total. The summed E-state index contributed by atoms with van der Waals surface area (Å²) in [6.07, 6.45) is 3.34. The molecule has 2 aromatic carbocycles. The molecule has 0 bridgehead atoms. The van der Waals surface area contributed by atoms with Crippen LogP contribution in [0.5, 0.6) is 0 Å². The van der Waals surface area contributed by atoms with E-state index in [-0.39, 0.29) is 22.1 Å². The van der Waals surface area contributed by atoms with Crippen LogP contribution in [0.3, 0.4) is 0 Å². The van der Waals surface area contributed by atoms with Crippen LogP contribution in [0.15, 0.2) is 65.8 Å². The lowest BCUT2D eigenvalue weighted by molar-refractivity contribution is 0.0472. The summed E-state index contributed by atoms with van der Waals surface area (Å²) < 4.78 is 32.5. The lowest BCUT2D eigenvalue weighted by Crippen LogP contribution is -2.22. The number of para-hydroxylation sites is 1. The van der Waals surface area contributed by atoms with Crippen LogP contribution in [0.4, 0.5) is 0 Å². The summed E-state index contributed by atoms with van der Waals surface area (Å²) in [5.74, 6) is -0.715. The number of benzene rings is 2. The summed E-state index contributed by atoms with van der Waals surface area (Å²) in [6, 6.07) is 13.4. The predicted molar refractivity (Wildman–Crippen MR) is 105 cm³/mol. The molecule has 3 rings (SSSR count). The second-order valence-electron chi connectivity index (χ2n) is 6.13. The molecule has 0 spiro atoms. The molecule has 0 N–H and O–H groups in total. The molecule has 146 valence electrons. The largest absolute Gasteiger partial charge is 0.457 e. The van der Waals surface area contributed by atoms with Crippen molar-refractivity contribution in [3.8, 4) is 5.69 Å². The number of esters is 1. The molecular weight excluding hydrogens is 402 g/mol. The van der Waals surface area contributed by atoms with E-state index in [1.54, 1.807) is 17.1 Å². The molecule has 0 fully saturated rings. The molecule has 0 atom stereocenters. The molecule has 0 radical (unpaired) electrons. The van der Waals surface area contributed by atoms with Gasteiger partial charge in [-0.15, -0.1) is 0 Å². The highest BCUT2D eigenvalue weighted by Gasteiger charge is 2.21. The van der Waals surface area contributed by atoms with Crippen LogP contribution >= 0.6 is 11.6 Å². The third-order valence-corrected chi connectivity index (χ3v) is 6.10. The highest BCUT2D eigenvalue weighted by atomic mass is 35.5. The van der Waals surface area contributed by atoms with Crippen molar-refractivity contribution in [3.63, 3.8) is 0 Å². The molecule has 0 amide bonds. The minimum atomic E-state index is -3.69. The van der Waals surface area contributed by atoms with Crippen molar-refractivity contribution < 1.29 is 17.9 Å². The van der Waals surface area contributed by atoms with E-state index in [1.807, 2.05) is 30.3 Å². The number of ether oxygens (including phenoxy) is 1. The topological polar surface area (TPSA) is 81.5 Å². The van der Waals surface area contributed by atoms with Crippen molar-refractivity contribution in [2.75, 3.05) is 14.1 Å². The van der Waals surface area contributed by atoms with Crippen molar-refractivity contribution in [1.82, 2.24) is 14.1 Å². The molecule has 1 aromatic heterocycles. The fraction of sp³-hybridized carbons (Fsp3) is 0.158. The summed E-state index contributed by atoms with van der Waals surface area (Å²) >= 11 is 6.06. The van der Waals surface area contributed by atoms with E-state index >= 15 is 0 Å². The number of halogens is 1. The maximum Gasteiger partial charge on any atom is 0.340 e. The molecule has 1 heterocycles. The first-order chi connectivity index (χ1) is 13.3. The zero-order chi connectivity index (χ0) is 20.3. The smallest absolute Gasteiger partial charge is 0.340 e. The van der Waals surface area contributed by atoms with E-state index in [4.69, 9.17) is 16.3 Å². The summed E-state index contributed by atoms with van der Waals surface area (Å²) in [7, 11) is -0.872. The van der Waals surface area contributed by atoms with E-state index in [2.05, 4.69) is 5.10 Å². The van der Waals surface area contributed by atoms with E-state index in [9.17, 15) is 13.2 Å². The van der Waals surface area contributed by atoms with Gasteiger partial charge >= 0.3 is 5.97 Å². The number of sulfonamides is 1. The van der Waals surface area contributed by atoms with Gasteiger partial charge in [-0.25, -0.2) is 22.2 Å². The number of carbonyl (C=O) groups excluding carboxylic acids is 1. The van der Waals surface area contributed by atoms with Crippen LogP contribution in [-0.4, -0.2) is 42.6 Å². The standard InChI is InChI=1S/C19H18ClN3O4S/c1-22(2)28(25,26)16-8-9-18(20)17(10-16)19(24)27-13-14-11-21-23(12-14)15-6-4-3-5-7-15/h3-12H,13H2,1-2H3. The third kappa shape index (κ3) is 4.24. The maximum absolute atomic E-state index is 12.4. The van der Waals surface area contributed by atoms with Crippen LogP contribution in [0.2, 0.25) is 5.02 Å². The Labute approximate surface area is 168 Å². The van der Waals surface area contributed by atoms with Crippen LogP contribution in [0.25, 0.3) is 5.69 Å². The van der Waals surface area contributed by atoms with Crippen LogP contribution < -0.4 is 0 Å². The average Bonchev–Trinajstić information content (AvgIpc) is 3.16. The zero-order valence-electron chi connectivity index (χ0n) is 15.2. The maximum atomic E-state index is 12.4. The first-order valence-electron chi connectivity index (χ1n) is 8.27. The molecule has 0 aliphatic rings. The Bertz CT molecular complexity index is 1100. The van der Waals surface area contributed by atoms with Crippen molar-refractivity contribution >= 4 is 27.6 Å². The predicted octanol–water partition coefficient (Wildman–Crippen LogP) is 3.13. The second kappa shape index (κ2) is 8.14.